The Hall–Kier alpha value is -0.870. The summed E-state index contributed by atoms with van der Waals surface area (Å²) < 4.78 is 12.7. The Morgan fingerprint density at radius 3 is 2.90 bits per heavy atom. The van der Waals surface area contributed by atoms with Gasteiger partial charge in [0.1, 0.15) is 0 Å². The van der Waals surface area contributed by atoms with Crippen LogP contribution in [0.5, 0.6) is 0 Å². The van der Waals surface area contributed by atoms with Crippen LogP contribution >= 0.6 is 11.6 Å². The van der Waals surface area contributed by atoms with Crippen molar-refractivity contribution in [1.82, 2.24) is 4.98 Å². The minimum Gasteiger partial charge on any atom is -0.306 e. The zero-order chi connectivity index (χ0) is 7.56. The first kappa shape index (κ1) is 7.24. The Morgan fingerprint density at radius 1 is 1.70 bits per heavy atom. The Labute approximate surface area is 62.0 Å². The lowest BCUT2D eigenvalue weighted by atomic mass is 10.4. The molecule has 1 heterocycles. The van der Waals surface area contributed by atoms with Crippen LogP contribution in [-0.4, -0.2) is 4.98 Å². The van der Waals surface area contributed by atoms with Crippen LogP contribution in [0.1, 0.15) is 0 Å². The molecule has 0 amide bonds. The van der Waals surface area contributed by atoms with E-state index in [0.29, 0.717) is 0 Å². The van der Waals surface area contributed by atoms with Crippen LogP contribution in [0.15, 0.2) is 12.3 Å². The smallest absolute Gasteiger partial charge is 0.185 e. The van der Waals surface area contributed by atoms with Gasteiger partial charge in [-0.2, -0.15) is 0 Å². The summed E-state index contributed by atoms with van der Waals surface area (Å²) in [5, 5.41) is 0.00273. The highest BCUT2D eigenvalue weighted by Gasteiger charge is 2.04. The number of nitrogens with one attached hydrogen (secondary N) is 1. The van der Waals surface area contributed by atoms with Gasteiger partial charge < -0.3 is 5.43 Å². The molecule has 3 nitrogen and oxygen atoms in total. The van der Waals surface area contributed by atoms with Gasteiger partial charge in [-0.3, -0.25) is 0 Å². The summed E-state index contributed by atoms with van der Waals surface area (Å²) in [5.41, 5.74) is 2.07. The van der Waals surface area contributed by atoms with Crippen LogP contribution in [0.25, 0.3) is 0 Å². The van der Waals surface area contributed by atoms with E-state index in [1.807, 2.05) is 0 Å². The number of hydrazine groups is 1. The minimum atomic E-state index is -0.633. The lowest BCUT2D eigenvalue weighted by Gasteiger charge is -1.99. The quantitative estimate of drug-likeness (QED) is 0.480. The Bertz CT molecular complexity index is 240. The Balaban J connectivity index is 3.14. The van der Waals surface area contributed by atoms with E-state index in [4.69, 9.17) is 17.4 Å². The predicted octanol–water partition coefficient (Wildman–Crippen LogP) is 1.16. The van der Waals surface area contributed by atoms with Gasteiger partial charge in [0.05, 0.1) is 5.02 Å². The summed E-state index contributed by atoms with van der Waals surface area (Å²) in [7, 11) is 0. The van der Waals surface area contributed by atoms with E-state index in [1.54, 1.807) is 0 Å². The average molecular weight is 162 g/mol. The number of aromatic nitrogens is 1. The molecule has 0 aromatic carbocycles. The first-order chi connectivity index (χ1) is 4.75. The molecule has 1 aromatic rings. The number of pyridine rings is 1. The zero-order valence-corrected chi connectivity index (χ0v) is 5.69. The molecule has 0 unspecified atom stereocenters. The maximum atomic E-state index is 12.7. The van der Waals surface area contributed by atoms with Gasteiger partial charge in [-0.1, -0.05) is 11.6 Å². The molecule has 0 spiro atoms. The van der Waals surface area contributed by atoms with Gasteiger partial charge in [-0.05, 0) is 6.07 Å². The maximum Gasteiger partial charge on any atom is 0.185 e. The number of rotatable bonds is 1. The first-order valence-electron chi connectivity index (χ1n) is 2.52. The number of halogens is 2. The third kappa shape index (κ3) is 1.17. The number of nitrogens with two attached hydrogens (primary N) is 1. The highest BCUT2D eigenvalue weighted by atomic mass is 35.5. The van der Waals surface area contributed by atoms with Crippen molar-refractivity contribution in [2.75, 3.05) is 5.43 Å². The van der Waals surface area contributed by atoms with Gasteiger partial charge >= 0.3 is 0 Å². The van der Waals surface area contributed by atoms with Gasteiger partial charge in [0.2, 0.25) is 0 Å². The largest absolute Gasteiger partial charge is 0.306 e. The van der Waals surface area contributed by atoms with Crippen molar-refractivity contribution in [3.8, 4) is 0 Å². The summed E-state index contributed by atoms with van der Waals surface area (Å²) in [5.74, 6) is 4.23. The molecular formula is C5H5ClFN3. The number of hydrogen-bond acceptors (Lipinski definition) is 3. The van der Waals surface area contributed by atoms with Crippen LogP contribution in [0.3, 0.4) is 0 Å². The van der Waals surface area contributed by atoms with Crippen LogP contribution < -0.4 is 11.3 Å². The third-order valence-electron chi connectivity index (χ3n) is 0.979. The second kappa shape index (κ2) is 2.81. The molecule has 0 atom stereocenters. The van der Waals surface area contributed by atoms with Crippen LogP contribution in [0.2, 0.25) is 5.02 Å². The van der Waals surface area contributed by atoms with Crippen LogP contribution in [0, 0.1) is 5.82 Å². The fourth-order valence-corrected chi connectivity index (χ4v) is 0.667. The molecule has 5 heteroatoms. The second-order valence-corrected chi connectivity index (χ2v) is 2.01. The molecular weight excluding hydrogens is 157 g/mol. The van der Waals surface area contributed by atoms with Gasteiger partial charge in [-0.25, -0.2) is 15.2 Å². The van der Waals surface area contributed by atoms with Crippen LogP contribution in [-0.2, 0) is 0 Å². The Kier molecular flexibility index (Phi) is 2.03. The van der Waals surface area contributed by atoms with Crippen molar-refractivity contribution in [1.29, 1.82) is 0 Å². The SMILES string of the molecule is NNc1nccc(Cl)c1F. The van der Waals surface area contributed by atoms with Gasteiger partial charge in [-0.15, -0.1) is 0 Å². The van der Waals surface area contributed by atoms with E-state index in [2.05, 4.69) is 10.4 Å². The molecule has 1 rings (SSSR count). The molecule has 0 fully saturated rings. The van der Waals surface area contributed by atoms with E-state index >= 15 is 0 Å². The molecule has 0 saturated heterocycles. The number of nitrogens with zero attached hydrogens (tertiary/aromatic N) is 1. The molecule has 0 saturated carbocycles. The molecule has 0 aliphatic rings. The van der Waals surface area contributed by atoms with Crippen molar-refractivity contribution in [2.45, 2.75) is 0 Å². The van der Waals surface area contributed by atoms with Crippen LogP contribution in [0.4, 0.5) is 10.2 Å². The summed E-state index contributed by atoms with van der Waals surface area (Å²) in [4.78, 5) is 3.56. The number of anilines is 1. The lowest BCUT2D eigenvalue weighted by molar-refractivity contribution is 0.625. The Morgan fingerprint density at radius 2 is 2.40 bits per heavy atom. The van der Waals surface area contributed by atoms with Crippen molar-refractivity contribution in [3.63, 3.8) is 0 Å². The number of nitrogen functional groups attached to an aromatic ring is 1. The third-order valence-corrected chi connectivity index (χ3v) is 1.27. The van der Waals surface area contributed by atoms with E-state index in [1.165, 1.54) is 12.3 Å². The van der Waals surface area contributed by atoms with Gasteiger partial charge in [0, 0.05) is 6.20 Å². The molecule has 0 aliphatic heterocycles. The molecule has 10 heavy (non-hydrogen) atoms. The van der Waals surface area contributed by atoms with Crippen molar-refractivity contribution in [3.05, 3.63) is 23.1 Å². The summed E-state index contributed by atoms with van der Waals surface area (Å²) in [6.45, 7) is 0. The summed E-state index contributed by atoms with van der Waals surface area (Å²) in [6.07, 6.45) is 1.36. The van der Waals surface area contributed by atoms with Crippen molar-refractivity contribution < 1.29 is 4.39 Å². The minimum absolute atomic E-state index is 0.00273. The van der Waals surface area contributed by atoms with Crippen molar-refractivity contribution in [2.24, 2.45) is 5.84 Å². The average Bonchev–Trinajstić information content (AvgIpc) is 1.95. The summed E-state index contributed by atoms with van der Waals surface area (Å²) >= 11 is 5.38. The molecule has 0 aliphatic carbocycles. The zero-order valence-electron chi connectivity index (χ0n) is 4.94. The monoisotopic (exact) mass is 161 g/mol. The molecule has 3 N–H and O–H groups in total. The first-order valence-corrected chi connectivity index (χ1v) is 2.90. The maximum absolute atomic E-state index is 12.7. The van der Waals surface area contributed by atoms with E-state index in [0.717, 1.165) is 0 Å². The normalized spacial score (nSPS) is 9.50. The highest BCUT2D eigenvalue weighted by Crippen LogP contribution is 2.17. The molecule has 0 radical (unpaired) electrons. The van der Waals surface area contributed by atoms with E-state index in [9.17, 15) is 4.39 Å². The fourth-order valence-electron chi connectivity index (χ4n) is 0.521. The molecule has 0 bridgehead atoms. The summed E-state index contributed by atoms with van der Waals surface area (Å²) in [6, 6.07) is 1.34. The van der Waals surface area contributed by atoms with Crippen molar-refractivity contribution >= 4 is 17.4 Å². The second-order valence-electron chi connectivity index (χ2n) is 1.60. The van der Waals surface area contributed by atoms with Gasteiger partial charge in [0.25, 0.3) is 0 Å². The number of hydrogen-bond donors (Lipinski definition) is 2. The lowest BCUT2D eigenvalue weighted by Crippen LogP contribution is -2.10. The van der Waals surface area contributed by atoms with E-state index in [-0.39, 0.29) is 10.8 Å². The van der Waals surface area contributed by atoms with E-state index < -0.39 is 5.82 Å². The standard InChI is InChI=1S/C5H5ClFN3/c6-3-1-2-9-5(10-8)4(3)7/h1-2H,8H2,(H,9,10). The topological polar surface area (TPSA) is 50.9 Å². The molecule has 1 aromatic heterocycles. The fraction of sp³-hybridized carbons (Fsp3) is 0. The highest BCUT2D eigenvalue weighted by molar-refractivity contribution is 6.30. The van der Waals surface area contributed by atoms with Gasteiger partial charge in [0.15, 0.2) is 11.6 Å². The molecule has 54 valence electrons. The predicted molar refractivity (Wildman–Crippen MR) is 37.0 cm³/mol.